The van der Waals surface area contributed by atoms with Gasteiger partial charge in [0.25, 0.3) is 0 Å². The second kappa shape index (κ2) is 6.93. The van der Waals surface area contributed by atoms with Gasteiger partial charge in [-0.1, -0.05) is 33.1 Å². The Balaban J connectivity index is 1.93. The van der Waals surface area contributed by atoms with Gasteiger partial charge in [0, 0.05) is 26.2 Å². The highest BCUT2D eigenvalue weighted by Gasteiger charge is 2.32. The number of carbonyl (C=O) groups is 1. The maximum absolute atomic E-state index is 12.7. The molecule has 0 radical (unpaired) electrons. The average Bonchev–Trinajstić information content (AvgIpc) is 2.45. The van der Waals surface area contributed by atoms with Crippen molar-refractivity contribution < 1.29 is 4.79 Å². The molecule has 0 aromatic rings. The van der Waals surface area contributed by atoms with E-state index < -0.39 is 0 Å². The average molecular weight is 280 g/mol. The van der Waals surface area contributed by atoms with E-state index in [1.807, 2.05) is 11.9 Å². The molecule has 2 aliphatic rings. The minimum absolute atomic E-state index is 0.0483. The SMILES string of the molecule is CC1CC(C)CN(C(C)C(=O)N(C)C2CCCCC2)C1. The van der Waals surface area contributed by atoms with Gasteiger partial charge in [0.05, 0.1) is 6.04 Å². The number of likely N-dealkylation sites (N-methyl/N-ethyl adjacent to an activating group) is 1. The van der Waals surface area contributed by atoms with Gasteiger partial charge in [-0.25, -0.2) is 0 Å². The molecule has 1 heterocycles. The highest BCUT2D eigenvalue weighted by molar-refractivity contribution is 5.81. The summed E-state index contributed by atoms with van der Waals surface area (Å²) < 4.78 is 0. The lowest BCUT2D eigenvalue weighted by molar-refractivity contribution is -0.138. The van der Waals surface area contributed by atoms with Gasteiger partial charge < -0.3 is 4.90 Å². The van der Waals surface area contributed by atoms with Crippen LogP contribution in [0.25, 0.3) is 0 Å². The Morgan fingerprint density at radius 2 is 1.65 bits per heavy atom. The summed E-state index contributed by atoms with van der Waals surface area (Å²) in [6.07, 6.45) is 7.61. The van der Waals surface area contributed by atoms with Gasteiger partial charge in [0.1, 0.15) is 0 Å². The Labute approximate surface area is 124 Å². The van der Waals surface area contributed by atoms with Crippen molar-refractivity contribution >= 4 is 5.91 Å². The number of nitrogens with zero attached hydrogens (tertiary/aromatic N) is 2. The van der Waals surface area contributed by atoms with Crippen molar-refractivity contribution in [1.82, 2.24) is 9.80 Å². The smallest absolute Gasteiger partial charge is 0.239 e. The minimum atomic E-state index is 0.0483. The van der Waals surface area contributed by atoms with Gasteiger partial charge in [-0.05, 0) is 38.0 Å². The Hall–Kier alpha value is -0.570. The van der Waals surface area contributed by atoms with Gasteiger partial charge in [-0.2, -0.15) is 0 Å². The maximum Gasteiger partial charge on any atom is 0.239 e. The fourth-order valence-corrected chi connectivity index (χ4v) is 4.13. The second-order valence-electron chi connectivity index (χ2n) is 7.32. The molecule has 1 saturated heterocycles. The predicted octanol–water partition coefficient (Wildman–Crippen LogP) is 3.14. The van der Waals surface area contributed by atoms with E-state index in [0.717, 1.165) is 13.1 Å². The van der Waals surface area contributed by atoms with Crippen LogP contribution in [0.2, 0.25) is 0 Å². The molecule has 0 N–H and O–H groups in total. The Kier molecular flexibility index (Phi) is 5.48. The van der Waals surface area contributed by atoms with Crippen molar-refractivity contribution in [2.45, 2.75) is 71.4 Å². The zero-order valence-corrected chi connectivity index (χ0v) is 13.8. The van der Waals surface area contributed by atoms with Crippen LogP contribution in [0.5, 0.6) is 0 Å². The first kappa shape index (κ1) is 15.8. The summed E-state index contributed by atoms with van der Waals surface area (Å²) in [4.78, 5) is 17.2. The summed E-state index contributed by atoms with van der Waals surface area (Å²) in [5.74, 6) is 1.76. The predicted molar refractivity (Wildman–Crippen MR) is 83.6 cm³/mol. The lowest BCUT2D eigenvalue weighted by atomic mass is 9.90. The first-order chi connectivity index (χ1) is 9.49. The fraction of sp³-hybridized carbons (Fsp3) is 0.941. The minimum Gasteiger partial charge on any atom is -0.341 e. The summed E-state index contributed by atoms with van der Waals surface area (Å²) in [6.45, 7) is 8.88. The van der Waals surface area contributed by atoms with E-state index >= 15 is 0 Å². The van der Waals surface area contributed by atoms with Crippen LogP contribution in [0.4, 0.5) is 0 Å². The highest BCUT2D eigenvalue weighted by atomic mass is 16.2. The molecule has 0 bridgehead atoms. The standard InChI is InChI=1S/C17H32N2O/c1-13-10-14(2)12-19(11-13)15(3)17(20)18(4)16-8-6-5-7-9-16/h13-16H,5-12H2,1-4H3. The van der Waals surface area contributed by atoms with Crippen molar-refractivity contribution in [3.8, 4) is 0 Å². The molecular weight excluding hydrogens is 248 g/mol. The van der Waals surface area contributed by atoms with Crippen molar-refractivity contribution in [2.24, 2.45) is 11.8 Å². The Morgan fingerprint density at radius 3 is 2.20 bits per heavy atom. The Bertz CT molecular complexity index is 315. The molecule has 0 aromatic carbocycles. The molecule has 1 aliphatic heterocycles. The van der Waals surface area contributed by atoms with Gasteiger partial charge in [-0.3, -0.25) is 9.69 Å². The first-order valence-corrected chi connectivity index (χ1v) is 8.49. The number of hydrogen-bond acceptors (Lipinski definition) is 2. The molecule has 0 spiro atoms. The molecule has 3 unspecified atom stereocenters. The lowest BCUT2D eigenvalue weighted by Gasteiger charge is -2.41. The number of likely N-dealkylation sites (tertiary alicyclic amines) is 1. The number of hydrogen-bond donors (Lipinski definition) is 0. The van der Waals surface area contributed by atoms with E-state index in [2.05, 4.69) is 25.7 Å². The number of carbonyl (C=O) groups excluding carboxylic acids is 1. The third-order valence-corrected chi connectivity index (χ3v) is 5.27. The van der Waals surface area contributed by atoms with Crippen LogP contribution in [0.15, 0.2) is 0 Å². The highest BCUT2D eigenvalue weighted by Crippen LogP contribution is 2.25. The Morgan fingerprint density at radius 1 is 1.10 bits per heavy atom. The largest absolute Gasteiger partial charge is 0.341 e. The molecule has 1 aliphatic carbocycles. The third kappa shape index (κ3) is 3.75. The second-order valence-corrected chi connectivity index (χ2v) is 7.32. The summed E-state index contributed by atoms with van der Waals surface area (Å²) in [5.41, 5.74) is 0. The van der Waals surface area contributed by atoms with Crippen molar-refractivity contribution in [3.63, 3.8) is 0 Å². The normalized spacial score (nSPS) is 31.0. The van der Waals surface area contributed by atoms with Crippen LogP contribution in [-0.2, 0) is 4.79 Å². The molecule has 2 fully saturated rings. The van der Waals surface area contributed by atoms with Crippen LogP contribution in [0.3, 0.4) is 0 Å². The quantitative estimate of drug-likeness (QED) is 0.793. The number of amides is 1. The molecule has 116 valence electrons. The molecule has 0 aromatic heterocycles. The molecule has 2 rings (SSSR count). The zero-order chi connectivity index (χ0) is 14.7. The van der Waals surface area contributed by atoms with Gasteiger partial charge in [0.2, 0.25) is 5.91 Å². The molecule has 3 nitrogen and oxygen atoms in total. The van der Waals surface area contributed by atoms with Crippen LogP contribution in [0, 0.1) is 11.8 Å². The monoisotopic (exact) mass is 280 g/mol. The van der Waals surface area contributed by atoms with Crippen molar-refractivity contribution in [1.29, 1.82) is 0 Å². The zero-order valence-electron chi connectivity index (χ0n) is 13.8. The van der Waals surface area contributed by atoms with Crippen molar-refractivity contribution in [2.75, 3.05) is 20.1 Å². The van der Waals surface area contributed by atoms with E-state index in [0.29, 0.717) is 23.8 Å². The van der Waals surface area contributed by atoms with Gasteiger partial charge in [0.15, 0.2) is 0 Å². The fourth-order valence-electron chi connectivity index (χ4n) is 4.13. The summed E-state index contributed by atoms with van der Waals surface area (Å²) >= 11 is 0. The topological polar surface area (TPSA) is 23.6 Å². The summed E-state index contributed by atoms with van der Waals surface area (Å²) in [5, 5.41) is 0. The summed E-state index contributed by atoms with van der Waals surface area (Å²) in [6, 6.07) is 0.533. The van der Waals surface area contributed by atoms with E-state index in [4.69, 9.17) is 0 Å². The van der Waals surface area contributed by atoms with Crippen LogP contribution >= 0.6 is 0 Å². The molecule has 3 atom stereocenters. The molecular formula is C17H32N2O. The molecule has 1 saturated carbocycles. The first-order valence-electron chi connectivity index (χ1n) is 8.49. The van der Waals surface area contributed by atoms with Gasteiger partial charge in [-0.15, -0.1) is 0 Å². The molecule has 20 heavy (non-hydrogen) atoms. The summed E-state index contributed by atoms with van der Waals surface area (Å²) in [7, 11) is 2.02. The molecule has 1 amide bonds. The maximum atomic E-state index is 12.7. The van der Waals surface area contributed by atoms with Crippen LogP contribution < -0.4 is 0 Å². The lowest BCUT2D eigenvalue weighted by Crippen LogP contribution is -2.53. The van der Waals surface area contributed by atoms with Crippen LogP contribution in [-0.4, -0.2) is 47.9 Å². The van der Waals surface area contributed by atoms with E-state index in [1.165, 1.54) is 38.5 Å². The number of piperidine rings is 1. The third-order valence-electron chi connectivity index (χ3n) is 5.27. The van der Waals surface area contributed by atoms with Gasteiger partial charge >= 0.3 is 0 Å². The van der Waals surface area contributed by atoms with E-state index in [-0.39, 0.29) is 6.04 Å². The van der Waals surface area contributed by atoms with E-state index in [1.54, 1.807) is 0 Å². The van der Waals surface area contributed by atoms with Crippen LogP contribution in [0.1, 0.15) is 59.3 Å². The molecule has 3 heteroatoms. The van der Waals surface area contributed by atoms with Crippen molar-refractivity contribution in [3.05, 3.63) is 0 Å². The number of rotatable bonds is 3. The van der Waals surface area contributed by atoms with E-state index in [9.17, 15) is 4.79 Å².